The Bertz CT molecular complexity index is 717. The minimum atomic E-state index is 0.185. The van der Waals surface area contributed by atoms with Gasteiger partial charge in [0.15, 0.2) is 0 Å². The third-order valence-corrected chi connectivity index (χ3v) is 4.76. The summed E-state index contributed by atoms with van der Waals surface area (Å²) < 4.78 is 7.29. The SMILES string of the molecule is C=CCN(Cc1nccn1Cc1ccc(OC)cc1)C(=O)C1CCC1. The summed E-state index contributed by atoms with van der Waals surface area (Å²) in [6.45, 7) is 5.59. The molecular weight excluding hydrogens is 314 g/mol. The number of nitrogens with zero attached hydrogens (tertiary/aromatic N) is 3. The van der Waals surface area contributed by atoms with Crippen molar-refractivity contribution in [2.24, 2.45) is 5.92 Å². The molecule has 1 aliphatic rings. The first kappa shape index (κ1) is 17.3. The standard InChI is InChI=1S/C20H25N3O2/c1-3-12-23(20(24)17-5-4-6-17)15-19-21-11-13-22(19)14-16-7-9-18(25-2)10-8-16/h3,7-11,13,17H,1,4-6,12,14-15H2,2H3. The summed E-state index contributed by atoms with van der Waals surface area (Å²) in [5, 5.41) is 0. The van der Waals surface area contributed by atoms with Crippen molar-refractivity contribution in [1.82, 2.24) is 14.5 Å². The van der Waals surface area contributed by atoms with Crippen LogP contribution < -0.4 is 4.74 Å². The fraction of sp³-hybridized carbons (Fsp3) is 0.400. The lowest BCUT2D eigenvalue weighted by Crippen LogP contribution is -2.39. The van der Waals surface area contributed by atoms with Gasteiger partial charge in [-0.3, -0.25) is 4.79 Å². The molecule has 1 aliphatic carbocycles. The minimum absolute atomic E-state index is 0.185. The van der Waals surface area contributed by atoms with Crippen molar-refractivity contribution < 1.29 is 9.53 Å². The molecule has 0 radical (unpaired) electrons. The van der Waals surface area contributed by atoms with E-state index in [9.17, 15) is 4.79 Å². The maximum atomic E-state index is 12.6. The topological polar surface area (TPSA) is 47.4 Å². The van der Waals surface area contributed by atoms with Crippen LogP contribution in [-0.2, 0) is 17.9 Å². The molecule has 0 saturated heterocycles. The first-order valence-electron chi connectivity index (χ1n) is 8.74. The fourth-order valence-electron chi connectivity index (χ4n) is 3.04. The van der Waals surface area contributed by atoms with Gasteiger partial charge in [0.05, 0.1) is 13.7 Å². The molecule has 5 nitrogen and oxygen atoms in total. The van der Waals surface area contributed by atoms with Gasteiger partial charge in [-0.2, -0.15) is 0 Å². The van der Waals surface area contributed by atoms with Crippen LogP contribution >= 0.6 is 0 Å². The van der Waals surface area contributed by atoms with E-state index in [1.54, 1.807) is 19.4 Å². The normalized spacial score (nSPS) is 14.0. The summed E-state index contributed by atoms with van der Waals surface area (Å²) in [6.07, 6.45) is 8.70. The van der Waals surface area contributed by atoms with E-state index in [4.69, 9.17) is 4.74 Å². The molecule has 1 saturated carbocycles. The van der Waals surface area contributed by atoms with Crippen LogP contribution in [-0.4, -0.2) is 34.0 Å². The first-order valence-corrected chi connectivity index (χ1v) is 8.74. The minimum Gasteiger partial charge on any atom is -0.497 e. The van der Waals surface area contributed by atoms with Gasteiger partial charge in [0, 0.05) is 31.4 Å². The highest BCUT2D eigenvalue weighted by Crippen LogP contribution is 2.28. The Labute approximate surface area is 148 Å². The van der Waals surface area contributed by atoms with Crippen molar-refractivity contribution in [2.45, 2.75) is 32.4 Å². The number of methoxy groups -OCH3 is 1. The second-order valence-electron chi connectivity index (χ2n) is 6.45. The molecule has 0 N–H and O–H groups in total. The Morgan fingerprint density at radius 2 is 2.16 bits per heavy atom. The zero-order valence-corrected chi connectivity index (χ0v) is 14.7. The smallest absolute Gasteiger partial charge is 0.226 e. The molecule has 1 heterocycles. The van der Waals surface area contributed by atoms with Gasteiger partial charge in [-0.1, -0.05) is 24.6 Å². The highest BCUT2D eigenvalue weighted by molar-refractivity contribution is 5.79. The van der Waals surface area contributed by atoms with Crippen LogP contribution in [0.1, 0.15) is 30.7 Å². The Morgan fingerprint density at radius 3 is 2.76 bits per heavy atom. The number of rotatable bonds is 8. The number of imidazole rings is 1. The third kappa shape index (κ3) is 4.10. The van der Waals surface area contributed by atoms with Crippen LogP contribution in [0.5, 0.6) is 5.75 Å². The quantitative estimate of drug-likeness (QED) is 0.694. The number of benzene rings is 1. The summed E-state index contributed by atoms with van der Waals surface area (Å²) in [4.78, 5) is 18.9. The highest BCUT2D eigenvalue weighted by atomic mass is 16.5. The molecule has 1 amide bonds. The van der Waals surface area contributed by atoms with Gasteiger partial charge in [0.1, 0.15) is 11.6 Å². The predicted octanol–water partition coefficient (Wildman–Crippen LogP) is 3.25. The second kappa shape index (κ2) is 8.01. The van der Waals surface area contributed by atoms with E-state index in [1.165, 1.54) is 5.56 Å². The maximum absolute atomic E-state index is 12.6. The molecule has 132 valence electrons. The third-order valence-electron chi connectivity index (χ3n) is 4.76. The van der Waals surface area contributed by atoms with Gasteiger partial charge in [-0.05, 0) is 30.5 Å². The van der Waals surface area contributed by atoms with Crippen LogP contribution in [0.25, 0.3) is 0 Å². The summed E-state index contributed by atoms with van der Waals surface area (Å²) >= 11 is 0. The molecule has 0 atom stereocenters. The van der Waals surface area contributed by atoms with E-state index in [0.717, 1.165) is 37.4 Å². The number of hydrogen-bond acceptors (Lipinski definition) is 3. The van der Waals surface area contributed by atoms with Crippen molar-refractivity contribution in [3.63, 3.8) is 0 Å². The van der Waals surface area contributed by atoms with Crippen molar-refractivity contribution in [2.75, 3.05) is 13.7 Å². The van der Waals surface area contributed by atoms with Crippen LogP contribution in [0.3, 0.4) is 0 Å². The molecule has 2 aromatic rings. The Hall–Kier alpha value is -2.56. The second-order valence-corrected chi connectivity index (χ2v) is 6.45. The van der Waals surface area contributed by atoms with Crippen molar-refractivity contribution in [3.05, 3.63) is 60.7 Å². The van der Waals surface area contributed by atoms with Gasteiger partial charge < -0.3 is 14.2 Å². The summed E-state index contributed by atoms with van der Waals surface area (Å²) in [5.74, 6) is 2.15. The lowest BCUT2D eigenvalue weighted by atomic mass is 9.84. The highest BCUT2D eigenvalue weighted by Gasteiger charge is 2.29. The van der Waals surface area contributed by atoms with E-state index in [0.29, 0.717) is 13.1 Å². The average Bonchev–Trinajstić information content (AvgIpc) is 3.00. The van der Waals surface area contributed by atoms with E-state index < -0.39 is 0 Å². The zero-order chi connectivity index (χ0) is 17.6. The molecule has 5 heteroatoms. The molecule has 25 heavy (non-hydrogen) atoms. The molecule has 1 fully saturated rings. The summed E-state index contributed by atoms with van der Waals surface area (Å²) in [5.41, 5.74) is 1.17. The van der Waals surface area contributed by atoms with Gasteiger partial charge in [0.2, 0.25) is 5.91 Å². The van der Waals surface area contributed by atoms with Crippen molar-refractivity contribution >= 4 is 5.91 Å². The van der Waals surface area contributed by atoms with Crippen LogP contribution in [0, 0.1) is 5.92 Å². The number of aromatic nitrogens is 2. The molecule has 3 rings (SSSR count). The van der Waals surface area contributed by atoms with E-state index in [-0.39, 0.29) is 11.8 Å². The van der Waals surface area contributed by atoms with Crippen LogP contribution in [0.15, 0.2) is 49.3 Å². The summed E-state index contributed by atoms with van der Waals surface area (Å²) in [6, 6.07) is 8.00. The molecule has 0 bridgehead atoms. The van der Waals surface area contributed by atoms with Crippen molar-refractivity contribution in [1.29, 1.82) is 0 Å². The van der Waals surface area contributed by atoms with Gasteiger partial charge in [-0.15, -0.1) is 6.58 Å². The molecule has 1 aromatic heterocycles. The Balaban J connectivity index is 1.70. The molecule has 0 unspecified atom stereocenters. The van der Waals surface area contributed by atoms with Crippen molar-refractivity contribution in [3.8, 4) is 5.75 Å². The lowest BCUT2D eigenvalue weighted by Gasteiger charge is -2.31. The first-order chi connectivity index (χ1) is 12.2. The van der Waals surface area contributed by atoms with Crippen LogP contribution in [0.2, 0.25) is 0 Å². The Kier molecular flexibility index (Phi) is 5.53. The largest absolute Gasteiger partial charge is 0.497 e. The number of amides is 1. The molecule has 0 aliphatic heterocycles. The van der Waals surface area contributed by atoms with E-state index in [2.05, 4.69) is 16.1 Å². The van der Waals surface area contributed by atoms with Crippen LogP contribution in [0.4, 0.5) is 0 Å². The number of ether oxygens (including phenoxy) is 1. The van der Waals surface area contributed by atoms with Gasteiger partial charge in [-0.25, -0.2) is 4.98 Å². The molecule has 0 spiro atoms. The predicted molar refractivity (Wildman–Crippen MR) is 97.3 cm³/mol. The molecular formula is C20H25N3O2. The molecule has 1 aromatic carbocycles. The lowest BCUT2D eigenvalue weighted by molar-refractivity contribution is -0.138. The van der Waals surface area contributed by atoms with Gasteiger partial charge >= 0.3 is 0 Å². The van der Waals surface area contributed by atoms with E-state index >= 15 is 0 Å². The number of carbonyl (C=O) groups excluding carboxylic acids is 1. The summed E-state index contributed by atoms with van der Waals surface area (Å²) in [7, 11) is 1.66. The monoisotopic (exact) mass is 339 g/mol. The number of hydrogen-bond donors (Lipinski definition) is 0. The van der Waals surface area contributed by atoms with Gasteiger partial charge in [0.25, 0.3) is 0 Å². The zero-order valence-electron chi connectivity index (χ0n) is 14.7. The Morgan fingerprint density at radius 1 is 1.40 bits per heavy atom. The van der Waals surface area contributed by atoms with E-state index in [1.807, 2.05) is 35.4 Å². The average molecular weight is 339 g/mol. The fourth-order valence-corrected chi connectivity index (χ4v) is 3.04. The maximum Gasteiger partial charge on any atom is 0.226 e. The number of carbonyl (C=O) groups is 1.